The largest absolute Gasteiger partial charge is 0.395 e. The van der Waals surface area contributed by atoms with Crippen LogP contribution in [0, 0.1) is 0 Å². The number of nitrogens with two attached hydrogens (primary N) is 2. The van der Waals surface area contributed by atoms with E-state index in [1.807, 2.05) is 18.2 Å². The summed E-state index contributed by atoms with van der Waals surface area (Å²) in [6, 6.07) is 10.2. The molecule has 1 aliphatic rings. The van der Waals surface area contributed by atoms with Gasteiger partial charge in [-0.1, -0.05) is 30.3 Å². The molecule has 126 valence electrons. The Morgan fingerprint density at radius 3 is 2.38 bits per heavy atom. The average molecular weight is 345 g/mol. The molecule has 1 aromatic carbocycles. The number of hydrogen-bond acceptors (Lipinski definition) is 6. The van der Waals surface area contributed by atoms with Gasteiger partial charge < -0.3 is 16.4 Å². The summed E-state index contributed by atoms with van der Waals surface area (Å²) in [7, 11) is 0. The lowest BCUT2D eigenvalue weighted by Crippen LogP contribution is -2.48. The molecule has 0 bridgehead atoms. The van der Waals surface area contributed by atoms with Gasteiger partial charge in [0.25, 0.3) is 11.8 Å². The third-order valence-corrected chi connectivity index (χ3v) is 4.92. The first kappa shape index (κ1) is 16.4. The highest BCUT2D eigenvalue weighted by atomic mass is 32.1. The SMILES string of the molecule is NC(=O)c1nsc(C(=O)N2CCN(Cc3ccccc3)CC2)c1N. The molecule has 8 heteroatoms. The van der Waals surface area contributed by atoms with Gasteiger partial charge in [0.1, 0.15) is 4.88 Å². The summed E-state index contributed by atoms with van der Waals surface area (Å²) in [5, 5.41) is 0. The second-order valence-corrected chi connectivity index (χ2v) is 6.47. The number of primary amides is 1. The minimum Gasteiger partial charge on any atom is -0.395 e. The number of nitrogen functional groups attached to an aromatic ring is 1. The first-order chi connectivity index (χ1) is 11.6. The van der Waals surface area contributed by atoms with Crippen molar-refractivity contribution in [2.45, 2.75) is 6.54 Å². The van der Waals surface area contributed by atoms with Crippen LogP contribution in [-0.2, 0) is 6.54 Å². The van der Waals surface area contributed by atoms with Crippen molar-refractivity contribution in [3.63, 3.8) is 0 Å². The monoisotopic (exact) mass is 345 g/mol. The highest BCUT2D eigenvalue weighted by molar-refractivity contribution is 7.09. The lowest BCUT2D eigenvalue weighted by molar-refractivity contribution is 0.0634. The van der Waals surface area contributed by atoms with Crippen LogP contribution in [0.3, 0.4) is 0 Å². The first-order valence-electron chi connectivity index (χ1n) is 7.66. The van der Waals surface area contributed by atoms with Gasteiger partial charge in [-0.3, -0.25) is 14.5 Å². The van der Waals surface area contributed by atoms with E-state index in [0.717, 1.165) is 31.2 Å². The first-order valence-corrected chi connectivity index (χ1v) is 8.44. The zero-order valence-corrected chi connectivity index (χ0v) is 14.0. The number of aromatic nitrogens is 1. The molecule has 2 amide bonds. The summed E-state index contributed by atoms with van der Waals surface area (Å²) in [4.78, 5) is 28.1. The van der Waals surface area contributed by atoms with Crippen LogP contribution in [-0.4, -0.2) is 52.2 Å². The van der Waals surface area contributed by atoms with Crippen molar-refractivity contribution in [2.75, 3.05) is 31.9 Å². The van der Waals surface area contributed by atoms with Crippen molar-refractivity contribution in [3.05, 3.63) is 46.5 Å². The van der Waals surface area contributed by atoms with Crippen LogP contribution >= 0.6 is 11.5 Å². The molecule has 0 atom stereocenters. The van der Waals surface area contributed by atoms with Crippen LogP contribution in [0.2, 0.25) is 0 Å². The Hall–Kier alpha value is -2.45. The van der Waals surface area contributed by atoms with E-state index in [4.69, 9.17) is 11.5 Å². The van der Waals surface area contributed by atoms with Gasteiger partial charge >= 0.3 is 0 Å². The van der Waals surface area contributed by atoms with Crippen LogP contribution < -0.4 is 11.5 Å². The van der Waals surface area contributed by atoms with Crippen LogP contribution in [0.15, 0.2) is 30.3 Å². The van der Waals surface area contributed by atoms with Gasteiger partial charge in [0.05, 0.1) is 5.69 Å². The van der Waals surface area contributed by atoms with Gasteiger partial charge in [-0.2, -0.15) is 4.37 Å². The molecule has 2 aromatic rings. The number of rotatable bonds is 4. The molecule has 4 N–H and O–H groups in total. The van der Waals surface area contributed by atoms with Gasteiger partial charge in [0.15, 0.2) is 5.69 Å². The highest BCUT2D eigenvalue weighted by Gasteiger charge is 2.27. The van der Waals surface area contributed by atoms with E-state index in [2.05, 4.69) is 21.4 Å². The number of benzene rings is 1. The Labute approximate surface area is 144 Å². The third-order valence-electron chi connectivity index (χ3n) is 4.06. The Morgan fingerprint density at radius 2 is 1.79 bits per heavy atom. The molecule has 0 saturated carbocycles. The summed E-state index contributed by atoms with van der Waals surface area (Å²) in [6.07, 6.45) is 0. The zero-order valence-electron chi connectivity index (χ0n) is 13.1. The molecule has 0 aliphatic carbocycles. The number of anilines is 1. The van der Waals surface area contributed by atoms with Gasteiger partial charge in [-0.05, 0) is 17.1 Å². The van der Waals surface area contributed by atoms with Crippen molar-refractivity contribution in [1.82, 2.24) is 14.2 Å². The maximum absolute atomic E-state index is 12.6. The molecule has 0 spiro atoms. The van der Waals surface area contributed by atoms with Gasteiger partial charge in [0, 0.05) is 32.7 Å². The summed E-state index contributed by atoms with van der Waals surface area (Å²) >= 11 is 0.929. The number of amides is 2. The van der Waals surface area contributed by atoms with Crippen LogP contribution in [0.1, 0.15) is 25.7 Å². The second-order valence-electron chi connectivity index (χ2n) is 5.69. The average Bonchev–Trinajstić information content (AvgIpc) is 2.97. The standard InChI is InChI=1S/C16H19N5O2S/c17-12-13(15(18)22)19-24-14(12)16(23)21-8-6-20(7-9-21)10-11-4-2-1-3-5-11/h1-5H,6-10,17H2,(H2,18,22). The van der Waals surface area contributed by atoms with Crippen LogP contribution in [0.25, 0.3) is 0 Å². The fraction of sp³-hybridized carbons (Fsp3) is 0.312. The predicted molar refractivity (Wildman–Crippen MR) is 92.7 cm³/mol. The Morgan fingerprint density at radius 1 is 1.12 bits per heavy atom. The molecule has 0 radical (unpaired) electrons. The van der Waals surface area contributed by atoms with E-state index in [1.165, 1.54) is 5.56 Å². The topological polar surface area (TPSA) is 106 Å². The van der Waals surface area contributed by atoms with E-state index >= 15 is 0 Å². The smallest absolute Gasteiger partial charge is 0.270 e. The van der Waals surface area contributed by atoms with Crippen LogP contribution in [0.5, 0.6) is 0 Å². The van der Waals surface area contributed by atoms with E-state index in [-0.39, 0.29) is 17.3 Å². The quantitative estimate of drug-likeness (QED) is 0.852. The molecule has 3 rings (SSSR count). The maximum Gasteiger partial charge on any atom is 0.270 e. The number of carbonyl (C=O) groups excluding carboxylic acids is 2. The zero-order chi connectivity index (χ0) is 17.1. The third kappa shape index (κ3) is 3.39. The van der Waals surface area contributed by atoms with Gasteiger partial charge in [0.2, 0.25) is 0 Å². The number of carbonyl (C=O) groups is 2. The van der Waals surface area contributed by atoms with E-state index < -0.39 is 5.91 Å². The van der Waals surface area contributed by atoms with E-state index in [9.17, 15) is 9.59 Å². The molecule has 24 heavy (non-hydrogen) atoms. The molecule has 2 heterocycles. The minimum absolute atomic E-state index is 0.0222. The van der Waals surface area contributed by atoms with Crippen molar-refractivity contribution >= 4 is 29.0 Å². The predicted octanol–water partition coefficient (Wildman–Crippen LogP) is 0.782. The van der Waals surface area contributed by atoms with E-state index in [1.54, 1.807) is 4.90 Å². The summed E-state index contributed by atoms with van der Waals surface area (Å²) in [5.74, 6) is -0.896. The van der Waals surface area contributed by atoms with Crippen molar-refractivity contribution in [2.24, 2.45) is 5.73 Å². The molecule has 0 unspecified atom stereocenters. The fourth-order valence-corrected chi connectivity index (χ4v) is 3.50. The van der Waals surface area contributed by atoms with Crippen molar-refractivity contribution in [3.8, 4) is 0 Å². The number of hydrogen-bond donors (Lipinski definition) is 2. The highest BCUT2D eigenvalue weighted by Crippen LogP contribution is 2.23. The molecular weight excluding hydrogens is 326 g/mol. The summed E-state index contributed by atoms with van der Waals surface area (Å²) in [5.41, 5.74) is 12.3. The molecule has 1 aliphatic heterocycles. The summed E-state index contributed by atoms with van der Waals surface area (Å²) in [6.45, 7) is 3.70. The normalized spacial score (nSPS) is 15.4. The number of nitrogens with zero attached hydrogens (tertiary/aromatic N) is 3. The second kappa shape index (κ2) is 6.98. The Kier molecular flexibility index (Phi) is 4.77. The number of piperazine rings is 1. The van der Waals surface area contributed by atoms with Gasteiger partial charge in [-0.15, -0.1) is 0 Å². The van der Waals surface area contributed by atoms with Crippen molar-refractivity contribution < 1.29 is 9.59 Å². The molecule has 7 nitrogen and oxygen atoms in total. The maximum atomic E-state index is 12.6. The lowest BCUT2D eigenvalue weighted by Gasteiger charge is -2.34. The van der Waals surface area contributed by atoms with Crippen LogP contribution in [0.4, 0.5) is 5.69 Å². The molecule has 1 aromatic heterocycles. The summed E-state index contributed by atoms with van der Waals surface area (Å²) < 4.78 is 3.89. The van der Waals surface area contributed by atoms with E-state index in [0.29, 0.717) is 18.0 Å². The van der Waals surface area contributed by atoms with Crippen molar-refractivity contribution in [1.29, 1.82) is 0 Å². The van der Waals surface area contributed by atoms with Gasteiger partial charge in [-0.25, -0.2) is 0 Å². The molecule has 1 fully saturated rings. The Balaban J connectivity index is 1.60. The fourth-order valence-electron chi connectivity index (χ4n) is 2.72. The lowest BCUT2D eigenvalue weighted by atomic mass is 10.2. The molecule has 1 saturated heterocycles. The minimum atomic E-state index is -0.713. The Bertz CT molecular complexity index is 738. The molecular formula is C16H19N5O2S.